The van der Waals surface area contributed by atoms with Crippen LogP contribution in [0.5, 0.6) is 0 Å². The molecule has 2 rings (SSSR count). The summed E-state index contributed by atoms with van der Waals surface area (Å²) in [5.41, 5.74) is 1.89. The Kier molecular flexibility index (Phi) is 8.71. The number of likely N-dealkylation sites (N-methyl/N-ethyl adjacent to an activating group) is 1. The molecule has 1 fully saturated rings. The minimum Gasteiger partial charge on any atom is -1.00 e. The van der Waals surface area contributed by atoms with Gasteiger partial charge in [0.25, 0.3) is 0 Å². The van der Waals surface area contributed by atoms with Crippen molar-refractivity contribution in [3.8, 4) is 0 Å². The minimum absolute atomic E-state index is 0. The first-order valence-corrected chi connectivity index (χ1v) is 9.05. The zero-order chi connectivity index (χ0) is 16.9. The van der Waals surface area contributed by atoms with Crippen LogP contribution in [-0.4, -0.2) is 43.2 Å². The van der Waals surface area contributed by atoms with Gasteiger partial charge in [-0.3, -0.25) is 0 Å². The van der Waals surface area contributed by atoms with Crippen molar-refractivity contribution in [1.82, 2.24) is 0 Å². The summed E-state index contributed by atoms with van der Waals surface area (Å²) in [5.74, 6) is -0.205. The molecule has 0 spiro atoms. The van der Waals surface area contributed by atoms with Crippen molar-refractivity contribution in [2.24, 2.45) is 0 Å². The third-order valence-electron chi connectivity index (χ3n) is 5.20. The van der Waals surface area contributed by atoms with Crippen LogP contribution in [0.4, 0.5) is 0 Å². The van der Waals surface area contributed by atoms with Gasteiger partial charge in [-0.15, -0.1) is 0 Å². The number of hydrogen-bond acceptors (Lipinski definition) is 2. The van der Waals surface area contributed by atoms with E-state index in [4.69, 9.17) is 4.74 Å². The van der Waals surface area contributed by atoms with Gasteiger partial charge in [-0.05, 0) is 56.7 Å². The topological polar surface area (TPSA) is 26.3 Å². The average Bonchev–Trinajstić information content (AvgIpc) is 2.55. The maximum Gasteiger partial charge on any atom is 0.338 e. The highest BCUT2D eigenvalue weighted by Crippen LogP contribution is 2.26. The predicted molar refractivity (Wildman–Crippen MR) is 94.5 cm³/mol. The van der Waals surface area contributed by atoms with E-state index in [-0.39, 0.29) is 36.0 Å². The quantitative estimate of drug-likeness (QED) is 0.374. The van der Waals surface area contributed by atoms with Crippen LogP contribution < -0.4 is 24.0 Å². The Bertz CT molecular complexity index is 507. The molecule has 0 saturated heterocycles. The summed E-state index contributed by atoms with van der Waals surface area (Å²) < 4.78 is 6.63. The van der Waals surface area contributed by atoms with Gasteiger partial charge < -0.3 is 33.2 Å². The van der Waals surface area contributed by atoms with Crippen LogP contribution in [0.2, 0.25) is 0 Å². The van der Waals surface area contributed by atoms with Crippen LogP contribution in [0.1, 0.15) is 61.9 Å². The number of hydrogen-bond donors (Lipinski definition) is 0. The molecule has 1 saturated carbocycles. The Balaban J connectivity index is 0.00000288. The van der Waals surface area contributed by atoms with Gasteiger partial charge in [-0.25, -0.2) is 4.79 Å². The molecule has 0 N–H and O–H groups in total. The predicted octanol–water partition coefficient (Wildman–Crippen LogP) is 1.21. The molecule has 1 aliphatic rings. The first kappa shape index (κ1) is 21.4. The molecule has 1 atom stereocenters. The molecule has 1 aromatic rings. The van der Waals surface area contributed by atoms with Crippen LogP contribution in [-0.2, 0) is 11.2 Å². The summed E-state index contributed by atoms with van der Waals surface area (Å²) in [7, 11) is 4.55. The highest BCUT2D eigenvalue weighted by molar-refractivity contribution is 5.89. The maximum atomic E-state index is 12.3. The lowest BCUT2D eigenvalue weighted by atomic mass is 9.93. The van der Waals surface area contributed by atoms with Crippen molar-refractivity contribution in [3.63, 3.8) is 0 Å². The summed E-state index contributed by atoms with van der Waals surface area (Å²) in [4.78, 5) is 12.3. The Morgan fingerprint density at radius 3 is 2.29 bits per heavy atom. The number of benzene rings is 1. The molecule has 0 bridgehead atoms. The summed E-state index contributed by atoms with van der Waals surface area (Å²) in [5, 5.41) is 0. The van der Waals surface area contributed by atoms with E-state index in [2.05, 4.69) is 21.0 Å². The molecule has 3 nitrogen and oxygen atoms in total. The fourth-order valence-corrected chi connectivity index (χ4v) is 3.76. The van der Waals surface area contributed by atoms with Gasteiger partial charge >= 0.3 is 5.97 Å². The molecule has 1 unspecified atom stereocenters. The molecule has 1 aromatic carbocycles. The van der Waals surface area contributed by atoms with Gasteiger partial charge in [0.15, 0.2) is 0 Å². The number of carbonyl (C=O) groups is 1. The lowest BCUT2D eigenvalue weighted by Gasteiger charge is -2.41. The lowest BCUT2D eigenvalue weighted by molar-refractivity contribution is -0.918. The Labute approximate surface area is 164 Å². The molecule has 24 heavy (non-hydrogen) atoms. The third-order valence-corrected chi connectivity index (χ3v) is 5.20. The van der Waals surface area contributed by atoms with Gasteiger partial charge in [0.2, 0.25) is 0 Å². The summed E-state index contributed by atoms with van der Waals surface area (Å²) in [6.45, 7) is 5.01. The van der Waals surface area contributed by atoms with E-state index in [1.165, 1.54) is 37.7 Å². The second-order valence-electron chi connectivity index (χ2n) is 7.52. The molecule has 1 aliphatic carbocycles. The van der Waals surface area contributed by atoms with Gasteiger partial charge in [0.05, 0.1) is 25.7 Å². The summed E-state index contributed by atoms with van der Waals surface area (Å²) >= 11 is 0. The molecular formula is C20H32INO2. The summed E-state index contributed by atoms with van der Waals surface area (Å²) in [6, 6.07) is 8.45. The number of nitrogens with zero attached hydrogens (tertiary/aromatic N) is 1. The fraction of sp³-hybridized carbons (Fsp3) is 0.650. The van der Waals surface area contributed by atoms with Crippen LogP contribution >= 0.6 is 0 Å². The van der Waals surface area contributed by atoms with Crippen molar-refractivity contribution in [2.75, 3.05) is 20.6 Å². The highest BCUT2D eigenvalue weighted by atomic mass is 127. The number of aryl methyl sites for hydroxylation is 1. The first-order chi connectivity index (χ1) is 10.9. The van der Waals surface area contributed by atoms with E-state index in [1.54, 1.807) is 0 Å². The molecule has 0 radical (unpaired) electrons. The Hall–Kier alpha value is -0.620. The maximum absolute atomic E-state index is 12.3. The number of esters is 1. The van der Waals surface area contributed by atoms with E-state index in [0.717, 1.165) is 17.4 Å². The molecular weight excluding hydrogens is 413 g/mol. The second-order valence-corrected chi connectivity index (χ2v) is 7.52. The smallest absolute Gasteiger partial charge is 0.338 e. The average molecular weight is 445 g/mol. The zero-order valence-corrected chi connectivity index (χ0v) is 17.7. The van der Waals surface area contributed by atoms with E-state index in [0.29, 0.717) is 11.6 Å². The van der Waals surface area contributed by atoms with E-state index < -0.39 is 0 Å². The van der Waals surface area contributed by atoms with Crippen molar-refractivity contribution in [3.05, 3.63) is 35.4 Å². The zero-order valence-electron chi connectivity index (χ0n) is 15.6. The standard InChI is InChI=1S/C20H32NO2.HI/c1-5-17-11-13-18(14-12-17)20(22)23-16(2)15-21(3,4)19-9-7-6-8-10-19;/h11-14,16,19H,5-10,15H2,1-4H3;1H/q+1;/p-1. The van der Waals surface area contributed by atoms with Crippen molar-refractivity contribution in [2.45, 2.75) is 64.5 Å². The van der Waals surface area contributed by atoms with Crippen LogP contribution in [0.25, 0.3) is 0 Å². The monoisotopic (exact) mass is 445 g/mol. The first-order valence-electron chi connectivity index (χ1n) is 9.05. The largest absolute Gasteiger partial charge is 1.00 e. The Morgan fingerprint density at radius 1 is 1.17 bits per heavy atom. The Morgan fingerprint density at radius 2 is 1.75 bits per heavy atom. The van der Waals surface area contributed by atoms with Gasteiger partial charge in [0.1, 0.15) is 12.6 Å². The van der Waals surface area contributed by atoms with E-state index in [9.17, 15) is 4.79 Å². The molecule has 136 valence electrons. The van der Waals surface area contributed by atoms with Crippen LogP contribution in [0.15, 0.2) is 24.3 Å². The van der Waals surface area contributed by atoms with Crippen molar-refractivity contribution in [1.29, 1.82) is 0 Å². The number of halogens is 1. The van der Waals surface area contributed by atoms with E-state index in [1.807, 2.05) is 31.2 Å². The fourth-order valence-electron chi connectivity index (χ4n) is 3.76. The molecule has 0 aromatic heterocycles. The van der Waals surface area contributed by atoms with Gasteiger partial charge in [-0.2, -0.15) is 0 Å². The van der Waals surface area contributed by atoms with Crippen LogP contribution in [0, 0.1) is 0 Å². The third kappa shape index (κ3) is 6.03. The summed E-state index contributed by atoms with van der Waals surface area (Å²) in [6.07, 6.45) is 7.56. The number of rotatable bonds is 6. The second kappa shape index (κ2) is 9.76. The van der Waals surface area contributed by atoms with Crippen molar-refractivity contribution >= 4 is 5.97 Å². The van der Waals surface area contributed by atoms with Gasteiger partial charge in [0, 0.05) is 0 Å². The lowest BCUT2D eigenvalue weighted by Crippen LogP contribution is -3.00. The molecule has 0 amide bonds. The number of quaternary nitrogens is 1. The minimum atomic E-state index is -0.205. The van der Waals surface area contributed by atoms with Crippen LogP contribution in [0.3, 0.4) is 0 Å². The van der Waals surface area contributed by atoms with Crippen molar-refractivity contribution < 1.29 is 38.0 Å². The molecule has 4 heteroatoms. The van der Waals surface area contributed by atoms with Gasteiger partial charge in [-0.1, -0.05) is 25.5 Å². The SMILES string of the molecule is CCc1ccc(C(=O)OC(C)C[N+](C)(C)C2CCCCC2)cc1.[I-]. The number of ether oxygens (including phenoxy) is 1. The molecule has 0 heterocycles. The number of carbonyl (C=O) groups excluding carboxylic acids is 1. The molecule has 0 aliphatic heterocycles. The highest BCUT2D eigenvalue weighted by Gasteiger charge is 2.32. The normalized spacial score (nSPS) is 17.0. The van der Waals surface area contributed by atoms with E-state index >= 15 is 0 Å².